The van der Waals surface area contributed by atoms with Crippen LogP contribution in [0.4, 0.5) is 0 Å². The number of guanidine groups is 1. The molecule has 0 saturated carbocycles. The smallest absolute Gasteiger partial charge is 0.326 e. The van der Waals surface area contributed by atoms with Crippen molar-refractivity contribution in [3.05, 3.63) is 36.0 Å². The molecule has 0 fully saturated rings. The SMILES string of the molecule is CSCCC(N)C(=O)NC(CCSC)C(=O)NC(Cc1c[nH]c2ccccc12)C(=O)NC(CCCN=C(N)N)C(=O)O. The zero-order valence-electron chi connectivity index (χ0n) is 23.9. The summed E-state index contributed by atoms with van der Waals surface area (Å²) in [4.78, 5) is 58.7. The Kier molecular flexibility index (Phi) is 15.1. The van der Waals surface area contributed by atoms with E-state index in [9.17, 15) is 24.3 Å². The van der Waals surface area contributed by atoms with Crippen LogP contribution in [0.15, 0.2) is 35.5 Å². The van der Waals surface area contributed by atoms with Crippen molar-refractivity contribution in [3.8, 4) is 0 Å². The van der Waals surface area contributed by atoms with E-state index in [-0.39, 0.29) is 25.3 Å². The first-order valence-electron chi connectivity index (χ1n) is 13.5. The fourth-order valence-corrected chi connectivity index (χ4v) is 5.16. The monoisotopic (exact) mass is 622 g/mol. The van der Waals surface area contributed by atoms with Gasteiger partial charge in [0.2, 0.25) is 17.7 Å². The lowest BCUT2D eigenvalue weighted by molar-refractivity contribution is -0.142. The number of H-pyrrole nitrogens is 1. The number of aliphatic carboxylic acids is 1. The summed E-state index contributed by atoms with van der Waals surface area (Å²) in [5, 5.41) is 18.6. The molecule has 0 saturated heterocycles. The molecule has 4 atom stereocenters. The molecule has 0 aliphatic heterocycles. The number of nitrogens with zero attached hydrogens (tertiary/aromatic N) is 1. The maximum atomic E-state index is 13.5. The second-order valence-electron chi connectivity index (χ2n) is 9.70. The molecule has 0 radical (unpaired) electrons. The molecule has 1 aromatic heterocycles. The zero-order valence-corrected chi connectivity index (χ0v) is 25.6. The summed E-state index contributed by atoms with van der Waals surface area (Å²) in [6.45, 7) is 0.202. The molecule has 13 nitrogen and oxygen atoms in total. The van der Waals surface area contributed by atoms with Crippen LogP contribution in [0.25, 0.3) is 10.9 Å². The van der Waals surface area contributed by atoms with Crippen LogP contribution in [0.3, 0.4) is 0 Å². The third-order valence-corrected chi connectivity index (χ3v) is 7.79. The van der Waals surface area contributed by atoms with Crippen molar-refractivity contribution in [2.45, 2.75) is 56.3 Å². The molecule has 1 heterocycles. The van der Waals surface area contributed by atoms with E-state index >= 15 is 0 Å². The molecule has 0 aliphatic rings. The van der Waals surface area contributed by atoms with Gasteiger partial charge in [0.1, 0.15) is 18.1 Å². The van der Waals surface area contributed by atoms with E-state index in [2.05, 4.69) is 25.9 Å². The van der Waals surface area contributed by atoms with Gasteiger partial charge in [-0.1, -0.05) is 18.2 Å². The highest BCUT2D eigenvalue weighted by atomic mass is 32.2. The number of nitrogens with one attached hydrogen (secondary N) is 4. The Morgan fingerprint density at radius 3 is 2.19 bits per heavy atom. The second-order valence-corrected chi connectivity index (χ2v) is 11.7. The normalized spacial score (nSPS) is 13.9. The minimum absolute atomic E-state index is 0.0753. The lowest BCUT2D eigenvalue weighted by Gasteiger charge is -2.25. The Balaban J connectivity index is 2.27. The molecule has 3 amide bonds. The highest BCUT2D eigenvalue weighted by Gasteiger charge is 2.30. The molecule has 232 valence electrons. The van der Waals surface area contributed by atoms with Crippen LogP contribution in [0, 0.1) is 0 Å². The average molecular weight is 623 g/mol. The van der Waals surface area contributed by atoms with Crippen molar-refractivity contribution in [2.75, 3.05) is 30.6 Å². The number of amides is 3. The number of carboxylic acid groups (broad SMARTS) is 1. The first-order chi connectivity index (χ1) is 20.1. The predicted octanol–water partition coefficient (Wildman–Crippen LogP) is 0.137. The van der Waals surface area contributed by atoms with E-state index in [4.69, 9.17) is 17.2 Å². The molecular formula is C27H42N8O5S2. The third kappa shape index (κ3) is 11.4. The number of rotatable bonds is 19. The number of hydrogen-bond donors (Lipinski definition) is 8. The first-order valence-corrected chi connectivity index (χ1v) is 16.3. The van der Waals surface area contributed by atoms with E-state index in [1.54, 1.807) is 18.0 Å². The Bertz CT molecular complexity index is 1220. The number of carbonyl (C=O) groups is 4. The summed E-state index contributed by atoms with van der Waals surface area (Å²) < 4.78 is 0. The summed E-state index contributed by atoms with van der Waals surface area (Å²) in [6.07, 6.45) is 6.79. The number of aromatic nitrogens is 1. The topological polar surface area (TPSA) is 231 Å². The van der Waals surface area contributed by atoms with Crippen LogP contribution in [0.5, 0.6) is 0 Å². The largest absolute Gasteiger partial charge is 0.480 e. The van der Waals surface area contributed by atoms with Crippen LogP contribution in [0.2, 0.25) is 0 Å². The highest BCUT2D eigenvalue weighted by Crippen LogP contribution is 2.19. The van der Waals surface area contributed by atoms with Crippen LogP contribution in [0.1, 0.15) is 31.2 Å². The van der Waals surface area contributed by atoms with Gasteiger partial charge < -0.3 is 43.2 Å². The summed E-state index contributed by atoms with van der Waals surface area (Å²) in [5.41, 5.74) is 18.3. The molecule has 15 heteroatoms. The molecule has 0 bridgehead atoms. The Hall–Kier alpha value is -3.43. The van der Waals surface area contributed by atoms with Crippen LogP contribution >= 0.6 is 23.5 Å². The Morgan fingerprint density at radius 1 is 0.905 bits per heavy atom. The van der Waals surface area contributed by atoms with Crippen LogP contribution in [-0.4, -0.2) is 94.5 Å². The van der Waals surface area contributed by atoms with Crippen molar-refractivity contribution >= 4 is 64.1 Å². The summed E-state index contributed by atoms with van der Waals surface area (Å²) in [5.74, 6) is -1.75. The summed E-state index contributed by atoms with van der Waals surface area (Å²) in [6, 6.07) is 3.44. The molecule has 42 heavy (non-hydrogen) atoms. The molecule has 4 unspecified atom stereocenters. The van der Waals surface area contributed by atoms with Gasteiger partial charge in [-0.3, -0.25) is 19.4 Å². The molecule has 2 aromatic rings. The van der Waals surface area contributed by atoms with Crippen molar-refractivity contribution in [2.24, 2.45) is 22.2 Å². The number of aliphatic imine (C=N–C) groups is 1. The van der Waals surface area contributed by atoms with E-state index in [1.807, 2.05) is 36.8 Å². The highest BCUT2D eigenvalue weighted by molar-refractivity contribution is 7.98. The minimum atomic E-state index is -1.23. The molecule has 0 aliphatic carbocycles. The number of benzene rings is 1. The number of thioether (sulfide) groups is 2. The zero-order chi connectivity index (χ0) is 31.1. The molecule has 1 aromatic carbocycles. The average Bonchev–Trinajstić information content (AvgIpc) is 3.37. The van der Waals surface area contributed by atoms with E-state index in [1.165, 1.54) is 11.8 Å². The number of para-hydroxylation sites is 1. The van der Waals surface area contributed by atoms with Gasteiger partial charge in [-0.05, 0) is 61.3 Å². The fourth-order valence-electron chi connectivity index (χ4n) is 4.19. The molecule has 2 rings (SSSR count). The Morgan fingerprint density at radius 2 is 1.52 bits per heavy atom. The first kappa shape index (κ1) is 34.8. The standard InChI is InChI=1S/C27H42N8O5S2/c1-41-12-9-18(28)23(36)33-20(10-13-42-2)24(37)35-22(14-16-15-32-19-7-4-3-6-17(16)19)25(38)34-21(26(39)40)8-5-11-31-27(29)30/h3-4,6-7,15,18,20-22,32H,5,8-14,28H2,1-2H3,(H,33,36)(H,34,38)(H,35,37)(H,39,40)(H4,29,30,31). The van der Waals surface area contributed by atoms with Gasteiger partial charge >= 0.3 is 5.97 Å². The van der Waals surface area contributed by atoms with E-state index < -0.39 is 47.9 Å². The van der Waals surface area contributed by atoms with Gasteiger partial charge in [0.15, 0.2) is 5.96 Å². The molecule has 11 N–H and O–H groups in total. The maximum Gasteiger partial charge on any atom is 0.326 e. The van der Waals surface area contributed by atoms with E-state index in [0.29, 0.717) is 30.8 Å². The van der Waals surface area contributed by atoms with Crippen molar-refractivity contribution in [1.82, 2.24) is 20.9 Å². The van der Waals surface area contributed by atoms with Gasteiger partial charge in [-0.15, -0.1) is 0 Å². The van der Waals surface area contributed by atoms with Crippen molar-refractivity contribution in [3.63, 3.8) is 0 Å². The van der Waals surface area contributed by atoms with Crippen LogP contribution < -0.4 is 33.2 Å². The lowest BCUT2D eigenvalue weighted by Crippen LogP contribution is -2.57. The fraction of sp³-hybridized carbons (Fsp3) is 0.519. The number of carboxylic acids is 1. The number of carbonyl (C=O) groups excluding carboxylic acids is 3. The number of nitrogens with two attached hydrogens (primary N) is 3. The van der Waals surface area contributed by atoms with Crippen molar-refractivity contribution < 1.29 is 24.3 Å². The van der Waals surface area contributed by atoms with Crippen molar-refractivity contribution in [1.29, 1.82) is 0 Å². The number of hydrogen-bond acceptors (Lipinski definition) is 8. The number of aromatic amines is 1. The lowest BCUT2D eigenvalue weighted by atomic mass is 10.0. The minimum Gasteiger partial charge on any atom is -0.480 e. The second kappa shape index (κ2) is 18.2. The van der Waals surface area contributed by atoms with Gasteiger partial charge in [-0.2, -0.15) is 23.5 Å². The van der Waals surface area contributed by atoms with Gasteiger partial charge in [0, 0.05) is 30.1 Å². The van der Waals surface area contributed by atoms with Crippen LogP contribution in [-0.2, 0) is 25.6 Å². The number of fused-ring (bicyclic) bond motifs is 1. The summed E-state index contributed by atoms with van der Waals surface area (Å²) >= 11 is 3.08. The predicted molar refractivity (Wildman–Crippen MR) is 169 cm³/mol. The molecular weight excluding hydrogens is 580 g/mol. The maximum absolute atomic E-state index is 13.5. The van der Waals surface area contributed by atoms with E-state index in [0.717, 1.165) is 16.5 Å². The Labute approximate surface area is 254 Å². The van der Waals surface area contributed by atoms with Gasteiger partial charge in [0.25, 0.3) is 0 Å². The summed E-state index contributed by atoms with van der Waals surface area (Å²) in [7, 11) is 0. The van der Waals surface area contributed by atoms with Gasteiger partial charge in [0.05, 0.1) is 6.04 Å². The third-order valence-electron chi connectivity index (χ3n) is 6.51. The quantitative estimate of drug-likeness (QED) is 0.0600. The molecule has 0 spiro atoms. The van der Waals surface area contributed by atoms with Gasteiger partial charge in [-0.25, -0.2) is 4.79 Å².